The van der Waals surface area contributed by atoms with Crippen LogP contribution < -0.4 is 10.2 Å². The Kier molecular flexibility index (Phi) is 6.26. The molecule has 0 saturated heterocycles. The van der Waals surface area contributed by atoms with Gasteiger partial charge in [0.05, 0.1) is 11.0 Å². The fourth-order valence-corrected chi connectivity index (χ4v) is 5.75. The van der Waals surface area contributed by atoms with Crippen LogP contribution in [0.15, 0.2) is 60.7 Å². The zero-order valence-corrected chi connectivity index (χ0v) is 19.0. The van der Waals surface area contributed by atoms with Crippen molar-refractivity contribution in [2.45, 2.75) is 32.0 Å². The molecule has 2 N–H and O–H groups in total. The van der Waals surface area contributed by atoms with Crippen LogP contribution in [-0.2, 0) is 25.9 Å². The van der Waals surface area contributed by atoms with Gasteiger partial charge in [0.2, 0.25) is 0 Å². The van der Waals surface area contributed by atoms with Gasteiger partial charge in [0.1, 0.15) is 0 Å². The Hall–Kier alpha value is -2.67. The number of hydrogen-bond donors (Lipinski definition) is 2. The number of nitrogens with zero attached hydrogens (tertiary/aromatic N) is 2. The summed E-state index contributed by atoms with van der Waals surface area (Å²) in [6, 6.07) is 20.9. The van der Waals surface area contributed by atoms with Crippen LogP contribution in [0.2, 0.25) is 0 Å². The van der Waals surface area contributed by atoms with Crippen LogP contribution >= 0.6 is 11.3 Å². The third-order valence-electron chi connectivity index (χ3n) is 6.39. The lowest BCUT2D eigenvalue weighted by Crippen LogP contribution is -2.41. The third kappa shape index (κ3) is 4.72. The fraction of sp³-hybridized carbons (Fsp3) is 0.346. The summed E-state index contributed by atoms with van der Waals surface area (Å²) < 4.78 is 0. The number of benzene rings is 2. The SMILES string of the molecule is O=C(NCC(O)CN1CCc2ccccc2C1)c1cc2c(s1)CCN(c1ccccc1)C2. The minimum absolute atomic E-state index is 0.0845. The Morgan fingerprint density at radius 1 is 0.969 bits per heavy atom. The molecular formula is C26H29N3O2S. The van der Waals surface area contributed by atoms with Crippen molar-refractivity contribution in [3.05, 3.63) is 87.1 Å². The van der Waals surface area contributed by atoms with Gasteiger partial charge in [-0.15, -0.1) is 11.3 Å². The number of rotatable bonds is 6. The van der Waals surface area contributed by atoms with Crippen LogP contribution in [0.4, 0.5) is 5.69 Å². The van der Waals surface area contributed by atoms with Crippen molar-refractivity contribution in [3.8, 4) is 0 Å². The van der Waals surface area contributed by atoms with Crippen LogP contribution in [0, 0.1) is 0 Å². The number of β-amino-alcohol motifs (C(OH)–C–C–N with tert-alkyl or cyclic N) is 1. The second-order valence-electron chi connectivity index (χ2n) is 8.68. The van der Waals surface area contributed by atoms with Gasteiger partial charge < -0.3 is 15.3 Å². The Bertz CT molecular complexity index is 1080. The summed E-state index contributed by atoms with van der Waals surface area (Å²) in [5.41, 5.74) is 5.20. The smallest absolute Gasteiger partial charge is 0.261 e. The summed E-state index contributed by atoms with van der Waals surface area (Å²) in [5, 5.41) is 13.4. The molecule has 0 radical (unpaired) electrons. The number of anilines is 1. The minimum Gasteiger partial charge on any atom is -0.390 e. The summed E-state index contributed by atoms with van der Waals surface area (Å²) in [7, 11) is 0. The summed E-state index contributed by atoms with van der Waals surface area (Å²) in [4.78, 5) is 19.4. The van der Waals surface area contributed by atoms with Crippen molar-refractivity contribution in [2.75, 3.05) is 31.1 Å². The monoisotopic (exact) mass is 447 g/mol. The molecule has 3 aromatic rings. The van der Waals surface area contributed by atoms with E-state index in [4.69, 9.17) is 0 Å². The lowest BCUT2D eigenvalue weighted by Gasteiger charge is -2.30. The number of aliphatic hydroxyl groups excluding tert-OH is 1. The molecule has 0 bridgehead atoms. The molecule has 1 amide bonds. The molecular weight excluding hydrogens is 418 g/mol. The molecule has 1 aromatic heterocycles. The van der Waals surface area contributed by atoms with Crippen molar-refractivity contribution >= 4 is 22.9 Å². The molecule has 1 unspecified atom stereocenters. The highest BCUT2D eigenvalue weighted by Gasteiger charge is 2.23. The van der Waals surface area contributed by atoms with E-state index in [1.165, 1.54) is 27.3 Å². The van der Waals surface area contributed by atoms with Gasteiger partial charge in [-0.1, -0.05) is 42.5 Å². The van der Waals surface area contributed by atoms with E-state index < -0.39 is 6.10 Å². The summed E-state index contributed by atoms with van der Waals surface area (Å²) in [6.45, 7) is 4.45. The van der Waals surface area contributed by atoms with Gasteiger partial charge in [0, 0.05) is 49.8 Å². The van der Waals surface area contributed by atoms with E-state index in [9.17, 15) is 9.90 Å². The first-order chi connectivity index (χ1) is 15.7. The third-order valence-corrected chi connectivity index (χ3v) is 7.62. The molecule has 0 aliphatic carbocycles. The van der Waals surface area contributed by atoms with E-state index in [0.717, 1.165) is 43.9 Å². The number of amides is 1. The fourth-order valence-electron chi connectivity index (χ4n) is 4.67. The van der Waals surface area contributed by atoms with Crippen LogP contribution in [0.5, 0.6) is 0 Å². The number of fused-ring (bicyclic) bond motifs is 2. The maximum atomic E-state index is 12.7. The molecule has 32 heavy (non-hydrogen) atoms. The lowest BCUT2D eigenvalue weighted by atomic mass is 10.00. The molecule has 1 atom stereocenters. The second-order valence-corrected chi connectivity index (χ2v) is 9.82. The first-order valence-electron chi connectivity index (χ1n) is 11.3. The minimum atomic E-state index is -0.577. The predicted molar refractivity (Wildman–Crippen MR) is 129 cm³/mol. The summed E-state index contributed by atoms with van der Waals surface area (Å²) in [5.74, 6) is -0.0845. The Labute approximate surface area is 193 Å². The molecule has 0 saturated carbocycles. The molecule has 166 valence electrons. The Morgan fingerprint density at radius 2 is 1.75 bits per heavy atom. The van der Waals surface area contributed by atoms with Crippen LogP contribution in [0.1, 0.15) is 31.2 Å². The van der Waals surface area contributed by atoms with Crippen molar-refractivity contribution in [2.24, 2.45) is 0 Å². The van der Waals surface area contributed by atoms with Gasteiger partial charge in [0.15, 0.2) is 0 Å². The average molecular weight is 448 g/mol. The van der Waals surface area contributed by atoms with Crippen LogP contribution in [0.25, 0.3) is 0 Å². The molecule has 6 heteroatoms. The number of aliphatic hydroxyl groups is 1. The van der Waals surface area contributed by atoms with E-state index in [-0.39, 0.29) is 12.5 Å². The molecule has 5 nitrogen and oxygen atoms in total. The maximum Gasteiger partial charge on any atom is 0.261 e. The van der Waals surface area contributed by atoms with E-state index in [1.807, 2.05) is 12.1 Å². The molecule has 2 aliphatic rings. The Balaban J connectivity index is 1.13. The highest BCUT2D eigenvalue weighted by atomic mass is 32.1. The summed E-state index contributed by atoms with van der Waals surface area (Å²) in [6.07, 6.45) is 1.39. The number of hydrogen-bond acceptors (Lipinski definition) is 5. The van der Waals surface area contributed by atoms with E-state index >= 15 is 0 Å². The van der Waals surface area contributed by atoms with Gasteiger partial charge >= 0.3 is 0 Å². The zero-order valence-electron chi connectivity index (χ0n) is 18.2. The number of nitrogens with one attached hydrogen (secondary N) is 1. The number of carbonyl (C=O) groups excluding carboxylic acids is 1. The zero-order chi connectivity index (χ0) is 21.9. The van der Waals surface area contributed by atoms with Gasteiger partial charge in [0.25, 0.3) is 5.91 Å². The molecule has 5 rings (SSSR count). The number of carbonyl (C=O) groups is 1. The van der Waals surface area contributed by atoms with Gasteiger partial charge in [-0.25, -0.2) is 0 Å². The van der Waals surface area contributed by atoms with Crippen molar-refractivity contribution in [1.82, 2.24) is 10.2 Å². The van der Waals surface area contributed by atoms with E-state index in [2.05, 4.69) is 63.6 Å². The number of para-hydroxylation sites is 1. The largest absolute Gasteiger partial charge is 0.390 e. The van der Waals surface area contributed by atoms with E-state index in [0.29, 0.717) is 6.54 Å². The lowest BCUT2D eigenvalue weighted by molar-refractivity contribution is 0.0845. The normalized spacial score (nSPS) is 16.8. The number of thiophene rings is 1. The highest BCUT2D eigenvalue weighted by molar-refractivity contribution is 7.14. The standard InChI is InChI=1S/C26H29N3O2S/c30-23(18-28-12-10-19-6-4-5-7-20(19)16-28)15-27-26(31)25-14-21-17-29(13-11-24(21)32-25)22-8-2-1-3-9-22/h1-9,14,23,30H,10-13,15-18H2,(H,27,31). The maximum absolute atomic E-state index is 12.7. The van der Waals surface area contributed by atoms with E-state index in [1.54, 1.807) is 11.3 Å². The van der Waals surface area contributed by atoms with Crippen LogP contribution in [0.3, 0.4) is 0 Å². The second kappa shape index (κ2) is 9.45. The average Bonchev–Trinajstić information content (AvgIpc) is 3.27. The quantitative estimate of drug-likeness (QED) is 0.608. The first-order valence-corrected chi connectivity index (χ1v) is 12.1. The van der Waals surface area contributed by atoms with Gasteiger partial charge in [-0.05, 0) is 47.7 Å². The molecule has 2 aromatic carbocycles. The van der Waals surface area contributed by atoms with Crippen molar-refractivity contribution in [3.63, 3.8) is 0 Å². The van der Waals surface area contributed by atoms with Crippen LogP contribution in [-0.4, -0.2) is 48.2 Å². The predicted octanol–water partition coefficient (Wildman–Crippen LogP) is 3.46. The molecule has 0 spiro atoms. The van der Waals surface area contributed by atoms with Gasteiger partial charge in [-0.2, -0.15) is 0 Å². The molecule has 0 fully saturated rings. The van der Waals surface area contributed by atoms with Crippen molar-refractivity contribution < 1.29 is 9.90 Å². The Morgan fingerprint density at radius 3 is 2.59 bits per heavy atom. The highest BCUT2D eigenvalue weighted by Crippen LogP contribution is 2.30. The van der Waals surface area contributed by atoms with Gasteiger partial charge in [-0.3, -0.25) is 9.69 Å². The molecule has 3 heterocycles. The first kappa shape index (κ1) is 21.2. The van der Waals surface area contributed by atoms with Crippen molar-refractivity contribution in [1.29, 1.82) is 0 Å². The topological polar surface area (TPSA) is 55.8 Å². The molecule has 2 aliphatic heterocycles. The summed E-state index contributed by atoms with van der Waals surface area (Å²) >= 11 is 1.59.